The number of nitrogen functional groups attached to an aromatic ring is 1. The molecule has 1 fully saturated rings. The molecule has 1 aliphatic rings. The van der Waals surface area contributed by atoms with Gasteiger partial charge in [-0.1, -0.05) is 0 Å². The summed E-state index contributed by atoms with van der Waals surface area (Å²) < 4.78 is 5.36. The van der Waals surface area contributed by atoms with E-state index in [1.165, 1.54) is 25.9 Å². The molecule has 1 unspecified atom stereocenters. The fraction of sp³-hybridized carbons (Fsp3) is 0.714. The van der Waals surface area contributed by atoms with Gasteiger partial charge in [-0.2, -0.15) is 0 Å². The van der Waals surface area contributed by atoms with Crippen molar-refractivity contribution in [2.24, 2.45) is 5.84 Å². The van der Waals surface area contributed by atoms with Crippen molar-refractivity contribution in [3.63, 3.8) is 0 Å². The second-order valence-corrected chi connectivity index (χ2v) is 5.39. The number of nitrogens with zero attached hydrogens (tertiary/aromatic N) is 3. The molecule has 4 N–H and O–H groups in total. The first-order valence-electron chi connectivity index (χ1n) is 7.62. The molecule has 0 aliphatic carbocycles. The van der Waals surface area contributed by atoms with Crippen LogP contribution >= 0.6 is 0 Å². The number of ether oxygens (including phenoxy) is 1. The van der Waals surface area contributed by atoms with Gasteiger partial charge in [-0.05, 0) is 39.8 Å². The molecule has 7 nitrogen and oxygen atoms in total. The minimum absolute atomic E-state index is 0.323. The zero-order valence-electron chi connectivity index (χ0n) is 12.9. The van der Waals surface area contributed by atoms with Gasteiger partial charge in [0, 0.05) is 25.3 Å². The van der Waals surface area contributed by atoms with E-state index in [4.69, 9.17) is 10.6 Å². The maximum absolute atomic E-state index is 5.46. The number of hydrazine groups is 1. The van der Waals surface area contributed by atoms with Crippen LogP contribution in [-0.2, 0) is 11.3 Å². The number of nitrogens with two attached hydrogens (primary N) is 1. The number of likely N-dealkylation sites (tertiary alicyclic amines) is 1. The van der Waals surface area contributed by atoms with Gasteiger partial charge in [0.05, 0.1) is 0 Å². The van der Waals surface area contributed by atoms with Crippen molar-refractivity contribution in [1.29, 1.82) is 0 Å². The van der Waals surface area contributed by atoms with Gasteiger partial charge in [-0.3, -0.25) is 0 Å². The van der Waals surface area contributed by atoms with Crippen LogP contribution in [-0.4, -0.2) is 47.2 Å². The van der Waals surface area contributed by atoms with Crippen molar-refractivity contribution in [2.75, 3.05) is 37.0 Å². The molecule has 1 atom stereocenters. The highest BCUT2D eigenvalue weighted by Crippen LogP contribution is 2.14. The summed E-state index contributed by atoms with van der Waals surface area (Å²) >= 11 is 0. The number of anilines is 2. The lowest BCUT2D eigenvalue weighted by molar-refractivity contribution is 0.128. The standard InChI is InChI=1S/C14H26N6O/c1-3-21-10-14-17-12(8-13(18-14)19-15)16-11(2)9-20-6-4-5-7-20/h8,11H,3-7,9-10,15H2,1-2H3,(H2,16,17,18,19). The van der Waals surface area contributed by atoms with E-state index in [2.05, 4.69) is 32.5 Å². The van der Waals surface area contributed by atoms with Crippen molar-refractivity contribution in [2.45, 2.75) is 39.3 Å². The molecule has 0 bridgehead atoms. The first-order chi connectivity index (χ1) is 10.2. The summed E-state index contributed by atoms with van der Waals surface area (Å²) in [6, 6.07) is 2.14. The molecule has 0 amide bonds. The Labute approximate surface area is 126 Å². The third-order valence-corrected chi connectivity index (χ3v) is 3.48. The maximum atomic E-state index is 5.46. The molecule has 0 aromatic carbocycles. The van der Waals surface area contributed by atoms with Gasteiger partial charge in [-0.25, -0.2) is 15.8 Å². The van der Waals surface area contributed by atoms with Crippen LogP contribution in [0.4, 0.5) is 11.6 Å². The fourth-order valence-electron chi connectivity index (χ4n) is 2.55. The van der Waals surface area contributed by atoms with Crippen molar-refractivity contribution in [1.82, 2.24) is 14.9 Å². The molecule has 7 heteroatoms. The van der Waals surface area contributed by atoms with Gasteiger partial charge in [0.25, 0.3) is 0 Å². The summed E-state index contributed by atoms with van der Waals surface area (Å²) in [6.07, 6.45) is 2.61. The molecule has 2 rings (SSSR count). The van der Waals surface area contributed by atoms with Crippen LogP contribution in [0.1, 0.15) is 32.5 Å². The predicted molar refractivity (Wildman–Crippen MR) is 83.9 cm³/mol. The minimum atomic E-state index is 0.323. The highest BCUT2D eigenvalue weighted by Gasteiger charge is 2.15. The van der Waals surface area contributed by atoms with E-state index in [0.717, 1.165) is 12.4 Å². The van der Waals surface area contributed by atoms with Crippen LogP contribution in [0, 0.1) is 0 Å². The Morgan fingerprint density at radius 2 is 2.05 bits per heavy atom. The molecule has 0 saturated carbocycles. The molecule has 1 aromatic rings. The van der Waals surface area contributed by atoms with E-state index < -0.39 is 0 Å². The van der Waals surface area contributed by atoms with Crippen molar-refractivity contribution in [3.05, 3.63) is 11.9 Å². The molecule has 2 heterocycles. The van der Waals surface area contributed by atoms with Crippen LogP contribution in [0.25, 0.3) is 0 Å². The number of hydrogen-bond acceptors (Lipinski definition) is 7. The summed E-state index contributed by atoms with van der Waals surface area (Å²) in [4.78, 5) is 11.2. The van der Waals surface area contributed by atoms with Crippen LogP contribution in [0.15, 0.2) is 6.07 Å². The number of hydrogen-bond donors (Lipinski definition) is 3. The first kappa shape index (κ1) is 15.9. The average Bonchev–Trinajstić information content (AvgIpc) is 2.97. The Kier molecular flexibility index (Phi) is 6.16. The highest BCUT2D eigenvalue weighted by molar-refractivity contribution is 5.47. The Morgan fingerprint density at radius 1 is 1.33 bits per heavy atom. The van der Waals surface area contributed by atoms with Crippen molar-refractivity contribution in [3.8, 4) is 0 Å². The van der Waals surface area contributed by atoms with Gasteiger partial charge in [0.15, 0.2) is 5.82 Å². The Hall–Kier alpha value is -1.44. The second kappa shape index (κ2) is 8.11. The zero-order chi connectivity index (χ0) is 15.1. The van der Waals surface area contributed by atoms with Crippen molar-refractivity contribution >= 4 is 11.6 Å². The summed E-state index contributed by atoms with van der Waals surface area (Å²) in [6.45, 7) is 8.55. The Bertz CT molecular complexity index is 435. The lowest BCUT2D eigenvalue weighted by Crippen LogP contribution is -2.33. The van der Waals surface area contributed by atoms with Gasteiger partial charge in [0.1, 0.15) is 18.2 Å². The van der Waals surface area contributed by atoms with Crippen LogP contribution in [0.2, 0.25) is 0 Å². The normalized spacial score (nSPS) is 16.9. The Balaban J connectivity index is 1.96. The summed E-state index contributed by atoms with van der Waals surface area (Å²) in [5.74, 6) is 7.46. The van der Waals surface area contributed by atoms with E-state index in [9.17, 15) is 0 Å². The van der Waals surface area contributed by atoms with Crippen LogP contribution in [0.5, 0.6) is 0 Å². The van der Waals surface area contributed by atoms with Gasteiger partial charge >= 0.3 is 0 Å². The number of rotatable bonds is 8. The topological polar surface area (TPSA) is 88.3 Å². The zero-order valence-corrected chi connectivity index (χ0v) is 12.9. The summed E-state index contributed by atoms with van der Waals surface area (Å²) in [7, 11) is 0. The van der Waals surface area contributed by atoms with E-state index in [1.807, 2.05) is 13.0 Å². The number of nitrogens with one attached hydrogen (secondary N) is 2. The lowest BCUT2D eigenvalue weighted by Gasteiger charge is -2.22. The largest absolute Gasteiger partial charge is 0.374 e. The predicted octanol–water partition coefficient (Wildman–Crippen LogP) is 1.19. The van der Waals surface area contributed by atoms with E-state index in [0.29, 0.717) is 30.9 Å². The first-order valence-corrected chi connectivity index (χ1v) is 7.62. The van der Waals surface area contributed by atoms with E-state index in [-0.39, 0.29) is 0 Å². The van der Waals surface area contributed by atoms with Crippen molar-refractivity contribution < 1.29 is 4.74 Å². The lowest BCUT2D eigenvalue weighted by atomic mass is 10.3. The third kappa shape index (κ3) is 5.11. The summed E-state index contributed by atoms with van der Waals surface area (Å²) in [5, 5.41) is 3.42. The Morgan fingerprint density at radius 3 is 2.71 bits per heavy atom. The molecule has 1 aromatic heterocycles. The fourth-order valence-corrected chi connectivity index (χ4v) is 2.55. The molecule has 1 aliphatic heterocycles. The minimum Gasteiger partial charge on any atom is -0.374 e. The molecule has 0 radical (unpaired) electrons. The van der Waals surface area contributed by atoms with Crippen LogP contribution in [0.3, 0.4) is 0 Å². The molecule has 1 saturated heterocycles. The number of aromatic nitrogens is 2. The maximum Gasteiger partial charge on any atom is 0.158 e. The molecule has 118 valence electrons. The smallest absolute Gasteiger partial charge is 0.158 e. The average molecular weight is 294 g/mol. The van der Waals surface area contributed by atoms with E-state index in [1.54, 1.807) is 0 Å². The highest BCUT2D eigenvalue weighted by atomic mass is 16.5. The third-order valence-electron chi connectivity index (χ3n) is 3.48. The summed E-state index contributed by atoms with van der Waals surface area (Å²) in [5.41, 5.74) is 2.57. The van der Waals surface area contributed by atoms with Gasteiger partial charge in [-0.15, -0.1) is 0 Å². The van der Waals surface area contributed by atoms with Gasteiger partial charge < -0.3 is 20.4 Å². The molecule has 0 spiro atoms. The van der Waals surface area contributed by atoms with E-state index >= 15 is 0 Å². The SMILES string of the molecule is CCOCc1nc(NN)cc(NC(C)CN2CCCC2)n1. The van der Waals surface area contributed by atoms with Crippen LogP contribution < -0.4 is 16.6 Å². The van der Waals surface area contributed by atoms with Gasteiger partial charge in [0.2, 0.25) is 0 Å². The quantitative estimate of drug-likeness (QED) is 0.490. The molecular formula is C14H26N6O. The second-order valence-electron chi connectivity index (χ2n) is 5.39. The monoisotopic (exact) mass is 294 g/mol. The molecular weight excluding hydrogens is 268 g/mol. The molecule has 21 heavy (non-hydrogen) atoms.